The fourth-order valence-electron chi connectivity index (χ4n) is 1.48. The van der Waals surface area contributed by atoms with E-state index >= 15 is 0 Å². The summed E-state index contributed by atoms with van der Waals surface area (Å²) in [5.41, 5.74) is 2.15. The van der Waals surface area contributed by atoms with Crippen molar-refractivity contribution in [2.75, 3.05) is 6.61 Å². The summed E-state index contributed by atoms with van der Waals surface area (Å²) >= 11 is 0. The molecule has 0 atom stereocenters. The number of ether oxygens (including phenoxy) is 1. The van der Waals surface area contributed by atoms with Crippen molar-refractivity contribution in [3.8, 4) is 0 Å². The lowest BCUT2D eigenvalue weighted by molar-refractivity contribution is 0.0519. The molecule has 0 saturated carbocycles. The standard InChI is InChI=1S/C14H14N2O2/c1-2-18-14(17)13-10-12(15-16-13)9-8-11-6-4-3-5-7-11/h3-10H,2H2,1H3,(H,15,16)/b9-8-. The van der Waals surface area contributed by atoms with Crippen LogP contribution in [0.3, 0.4) is 0 Å². The average molecular weight is 242 g/mol. The lowest BCUT2D eigenvalue weighted by atomic mass is 10.2. The fraction of sp³-hybridized carbons (Fsp3) is 0.143. The Labute approximate surface area is 105 Å². The SMILES string of the molecule is CCOC(=O)c1cc(/C=C\c2ccccc2)[nH]n1. The molecule has 0 aliphatic heterocycles. The molecular weight excluding hydrogens is 228 g/mol. The number of aromatic amines is 1. The highest BCUT2D eigenvalue weighted by atomic mass is 16.5. The van der Waals surface area contributed by atoms with Crippen LogP contribution in [0.15, 0.2) is 36.4 Å². The molecule has 0 unspecified atom stereocenters. The minimum absolute atomic E-state index is 0.296. The molecule has 1 heterocycles. The van der Waals surface area contributed by atoms with Crippen molar-refractivity contribution in [1.82, 2.24) is 10.2 Å². The van der Waals surface area contributed by atoms with Crippen molar-refractivity contribution in [3.05, 3.63) is 53.3 Å². The summed E-state index contributed by atoms with van der Waals surface area (Å²) < 4.78 is 4.86. The van der Waals surface area contributed by atoms with Crippen LogP contribution in [0.25, 0.3) is 12.2 Å². The van der Waals surface area contributed by atoms with Crippen molar-refractivity contribution in [2.45, 2.75) is 6.92 Å². The summed E-state index contributed by atoms with van der Waals surface area (Å²) in [6, 6.07) is 11.6. The molecule has 1 aromatic carbocycles. The van der Waals surface area contributed by atoms with Crippen molar-refractivity contribution in [3.63, 3.8) is 0 Å². The van der Waals surface area contributed by atoms with Gasteiger partial charge in [0, 0.05) is 0 Å². The van der Waals surface area contributed by atoms with Gasteiger partial charge in [-0.25, -0.2) is 4.79 Å². The smallest absolute Gasteiger partial charge is 0.358 e. The van der Waals surface area contributed by atoms with Crippen LogP contribution in [0.1, 0.15) is 28.7 Å². The number of benzene rings is 1. The summed E-state index contributed by atoms with van der Waals surface area (Å²) in [6.45, 7) is 2.11. The first-order valence-corrected chi connectivity index (χ1v) is 5.75. The number of carbonyl (C=O) groups excluding carboxylic acids is 1. The van der Waals surface area contributed by atoms with E-state index in [0.29, 0.717) is 12.3 Å². The zero-order valence-electron chi connectivity index (χ0n) is 10.1. The van der Waals surface area contributed by atoms with Gasteiger partial charge < -0.3 is 4.74 Å². The molecule has 0 fully saturated rings. The van der Waals surface area contributed by atoms with Crippen molar-refractivity contribution >= 4 is 18.1 Å². The van der Waals surface area contributed by atoms with Gasteiger partial charge in [0.2, 0.25) is 0 Å². The summed E-state index contributed by atoms with van der Waals surface area (Å²) in [7, 11) is 0. The second-order valence-corrected chi connectivity index (χ2v) is 3.67. The van der Waals surface area contributed by atoms with Crippen LogP contribution in [0, 0.1) is 0 Å². The Bertz CT molecular complexity index is 544. The van der Waals surface area contributed by atoms with Gasteiger partial charge in [0.05, 0.1) is 12.3 Å². The molecule has 2 aromatic rings. The van der Waals surface area contributed by atoms with Gasteiger partial charge >= 0.3 is 5.97 Å². The lowest BCUT2D eigenvalue weighted by Crippen LogP contribution is -2.04. The van der Waals surface area contributed by atoms with Crippen LogP contribution in [0.5, 0.6) is 0 Å². The zero-order chi connectivity index (χ0) is 12.8. The molecule has 0 bridgehead atoms. The number of rotatable bonds is 4. The van der Waals surface area contributed by atoms with Crippen molar-refractivity contribution < 1.29 is 9.53 Å². The van der Waals surface area contributed by atoms with Crippen LogP contribution >= 0.6 is 0 Å². The summed E-state index contributed by atoms with van der Waals surface area (Å²) in [5, 5.41) is 6.67. The number of H-pyrrole nitrogens is 1. The van der Waals surface area contributed by atoms with Gasteiger partial charge in [-0.2, -0.15) is 5.10 Å². The molecule has 0 spiro atoms. The molecule has 2 rings (SSSR count). The highest BCUT2D eigenvalue weighted by Gasteiger charge is 2.09. The zero-order valence-corrected chi connectivity index (χ0v) is 10.1. The Morgan fingerprint density at radius 2 is 2.11 bits per heavy atom. The van der Waals surface area contributed by atoms with E-state index in [-0.39, 0.29) is 0 Å². The van der Waals surface area contributed by atoms with E-state index in [4.69, 9.17) is 4.74 Å². The van der Waals surface area contributed by atoms with Gasteiger partial charge in [0.25, 0.3) is 0 Å². The third-order valence-electron chi connectivity index (χ3n) is 2.34. The molecule has 92 valence electrons. The molecule has 1 N–H and O–H groups in total. The molecule has 4 heteroatoms. The predicted molar refractivity (Wildman–Crippen MR) is 69.9 cm³/mol. The highest BCUT2D eigenvalue weighted by molar-refractivity contribution is 5.88. The van der Waals surface area contributed by atoms with Gasteiger partial charge in [0.1, 0.15) is 0 Å². The first-order chi connectivity index (χ1) is 8.79. The van der Waals surface area contributed by atoms with Crippen LogP contribution in [0.4, 0.5) is 0 Å². The minimum Gasteiger partial charge on any atom is -0.461 e. The van der Waals surface area contributed by atoms with Crippen LogP contribution in [-0.4, -0.2) is 22.8 Å². The maximum absolute atomic E-state index is 11.4. The summed E-state index contributed by atoms with van der Waals surface area (Å²) in [6.07, 6.45) is 3.81. The van der Waals surface area contributed by atoms with Crippen molar-refractivity contribution in [1.29, 1.82) is 0 Å². The van der Waals surface area contributed by atoms with Gasteiger partial charge in [0.15, 0.2) is 5.69 Å². The largest absolute Gasteiger partial charge is 0.461 e. The van der Waals surface area contributed by atoms with Gasteiger partial charge in [-0.1, -0.05) is 36.4 Å². The Morgan fingerprint density at radius 1 is 1.33 bits per heavy atom. The molecule has 4 nitrogen and oxygen atoms in total. The average Bonchev–Trinajstić information content (AvgIpc) is 2.87. The normalized spacial score (nSPS) is 10.7. The highest BCUT2D eigenvalue weighted by Crippen LogP contribution is 2.07. The second-order valence-electron chi connectivity index (χ2n) is 3.67. The Balaban J connectivity index is 2.07. The van der Waals surface area contributed by atoms with E-state index in [0.717, 1.165) is 11.3 Å². The van der Waals surface area contributed by atoms with E-state index < -0.39 is 5.97 Å². The number of aromatic nitrogens is 2. The third-order valence-corrected chi connectivity index (χ3v) is 2.34. The van der Waals surface area contributed by atoms with E-state index in [2.05, 4.69) is 10.2 Å². The van der Waals surface area contributed by atoms with Crippen LogP contribution in [-0.2, 0) is 4.74 Å². The van der Waals surface area contributed by atoms with E-state index in [1.807, 2.05) is 42.5 Å². The topological polar surface area (TPSA) is 55.0 Å². The third kappa shape index (κ3) is 3.07. The fourth-order valence-corrected chi connectivity index (χ4v) is 1.48. The minimum atomic E-state index is -0.409. The van der Waals surface area contributed by atoms with E-state index in [1.165, 1.54) is 0 Å². The molecule has 0 radical (unpaired) electrons. The van der Waals surface area contributed by atoms with Crippen LogP contribution in [0.2, 0.25) is 0 Å². The molecule has 0 amide bonds. The maximum Gasteiger partial charge on any atom is 0.358 e. The monoisotopic (exact) mass is 242 g/mol. The summed E-state index contributed by atoms with van der Waals surface area (Å²) in [5.74, 6) is -0.409. The Morgan fingerprint density at radius 3 is 2.83 bits per heavy atom. The lowest BCUT2D eigenvalue weighted by Gasteiger charge is -1.94. The van der Waals surface area contributed by atoms with E-state index in [1.54, 1.807) is 13.0 Å². The van der Waals surface area contributed by atoms with Crippen molar-refractivity contribution in [2.24, 2.45) is 0 Å². The number of nitrogens with one attached hydrogen (secondary N) is 1. The van der Waals surface area contributed by atoms with Gasteiger partial charge in [-0.05, 0) is 24.6 Å². The predicted octanol–water partition coefficient (Wildman–Crippen LogP) is 2.76. The Kier molecular flexibility index (Phi) is 3.91. The number of carbonyl (C=O) groups is 1. The second kappa shape index (κ2) is 5.82. The molecule has 0 aliphatic rings. The molecular formula is C14H14N2O2. The Hall–Kier alpha value is -2.36. The number of hydrogen-bond acceptors (Lipinski definition) is 3. The quantitative estimate of drug-likeness (QED) is 0.839. The number of esters is 1. The van der Waals surface area contributed by atoms with E-state index in [9.17, 15) is 4.79 Å². The summed E-state index contributed by atoms with van der Waals surface area (Å²) in [4.78, 5) is 11.4. The number of hydrogen-bond donors (Lipinski definition) is 1. The van der Waals surface area contributed by atoms with Gasteiger partial charge in [-0.15, -0.1) is 0 Å². The molecule has 0 aliphatic carbocycles. The molecule has 1 aromatic heterocycles. The van der Waals surface area contributed by atoms with Crippen LogP contribution < -0.4 is 0 Å². The van der Waals surface area contributed by atoms with Gasteiger partial charge in [-0.3, -0.25) is 5.10 Å². The maximum atomic E-state index is 11.4. The number of nitrogens with zero attached hydrogens (tertiary/aromatic N) is 1. The first kappa shape index (κ1) is 12.1. The molecule has 0 saturated heterocycles. The first-order valence-electron chi connectivity index (χ1n) is 5.75. The molecule has 18 heavy (non-hydrogen) atoms.